The van der Waals surface area contributed by atoms with Crippen molar-refractivity contribution in [1.29, 1.82) is 5.41 Å². The molecule has 2 heterocycles. The number of hydrogen-bond donors (Lipinski definition) is 3. The van der Waals surface area contributed by atoms with Crippen molar-refractivity contribution in [1.82, 2.24) is 10.3 Å². The molecule has 7 nitrogen and oxygen atoms in total. The van der Waals surface area contributed by atoms with Crippen molar-refractivity contribution >= 4 is 28.5 Å². The highest BCUT2D eigenvalue weighted by atomic mass is 32.2. The maximum Gasteiger partial charge on any atom is 0.387 e. The summed E-state index contributed by atoms with van der Waals surface area (Å²) in [6, 6.07) is 7.63. The van der Waals surface area contributed by atoms with Crippen molar-refractivity contribution in [3.8, 4) is 5.75 Å². The van der Waals surface area contributed by atoms with Crippen LogP contribution in [0.25, 0.3) is 0 Å². The van der Waals surface area contributed by atoms with E-state index in [1.54, 1.807) is 12.1 Å². The number of carbonyl (C=O) groups is 1. The number of benzene rings is 1. The summed E-state index contributed by atoms with van der Waals surface area (Å²) >= 11 is 0. The average molecular weight is 481 g/mol. The summed E-state index contributed by atoms with van der Waals surface area (Å²) in [7, 11) is 1.39. The molecule has 3 rings (SSSR count). The van der Waals surface area contributed by atoms with Gasteiger partial charge < -0.3 is 15.4 Å². The van der Waals surface area contributed by atoms with E-state index >= 15 is 0 Å². The molecule has 180 valence electrons. The van der Waals surface area contributed by atoms with Gasteiger partial charge in [-0.3, -0.25) is 19.4 Å². The Balaban J connectivity index is 0.000000405. The van der Waals surface area contributed by atoms with Crippen LogP contribution in [0.5, 0.6) is 5.75 Å². The highest BCUT2D eigenvalue weighted by Crippen LogP contribution is 2.23. The van der Waals surface area contributed by atoms with Gasteiger partial charge in [0.25, 0.3) is 0 Å². The van der Waals surface area contributed by atoms with Crippen LogP contribution in [0, 0.1) is 5.41 Å². The Bertz CT molecular complexity index is 995. The first-order valence-electron chi connectivity index (χ1n) is 10.5. The number of aromatic nitrogens is 1. The first kappa shape index (κ1) is 26.5. The predicted octanol–water partition coefficient (Wildman–Crippen LogP) is 3.85. The van der Waals surface area contributed by atoms with Gasteiger partial charge in [0.15, 0.2) is 6.29 Å². The maximum absolute atomic E-state index is 12.4. The SMILES string of the molecule is CC[C@H](C)Nc1cc(C=O)cnc1C(=N)c1cccc(OC(F)F)c1.CNC1(C)CS(=O)C1. The smallest absolute Gasteiger partial charge is 0.387 e. The van der Waals surface area contributed by atoms with Crippen molar-refractivity contribution in [2.75, 3.05) is 23.9 Å². The van der Waals surface area contributed by atoms with Crippen LogP contribution in [-0.4, -0.2) is 57.9 Å². The molecule has 1 saturated heterocycles. The molecule has 1 aliphatic rings. The van der Waals surface area contributed by atoms with Crippen molar-refractivity contribution in [3.05, 3.63) is 53.3 Å². The van der Waals surface area contributed by atoms with Crippen LogP contribution >= 0.6 is 0 Å². The van der Waals surface area contributed by atoms with E-state index in [9.17, 15) is 17.8 Å². The summed E-state index contributed by atoms with van der Waals surface area (Å²) in [6.45, 7) is 3.13. The zero-order chi connectivity index (χ0) is 24.6. The molecule has 0 unspecified atom stereocenters. The van der Waals surface area contributed by atoms with E-state index in [0.717, 1.165) is 17.9 Å². The second kappa shape index (κ2) is 11.9. The van der Waals surface area contributed by atoms with E-state index in [2.05, 4.69) is 27.3 Å². The molecule has 0 radical (unpaired) electrons. The minimum Gasteiger partial charge on any atom is -0.435 e. The minimum absolute atomic E-state index is 0.0294. The summed E-state index contributed by atoms with van der Waals surface area (Å²) in [6.07, 6.45) is 2.90. The molecule has 0 amide bonds. The van der Waals surface area contributed by atoms with Gasteiger partial charge in [-0.25, -0.2) is 0 Å². The van der Waals surface area contributed by atoms with Gasteiger partial charge in [0.05, 0.1) is 11.4 Å². The number of nitrogens with one attached hydrogen (secondary N) is 3. The summed E-state index contributed by atoms with van der Waals surface area (Å²) in [4.78, 5) is 15.2. The molecule has 1 aliphatic heterocycles. The van der Waals surface area contributed by atoms with Crippen LogP contribution < -0.4 is 15.4 Å². The fraction of sp³-hybridized carbons (Fsp3) is 0.435. The van der Waals surface area contributed by atoms with E-state index in [1.807, 2.05) is 20.9 Å². The molecule has 1 atom stereocenters. The van der Waals surface area contributed by atoms with E-state index in [0.29, 0.717) is 28.8 Å². The predicted molar refractivity (Wildman–Crippen MR) is 127 cm³/mol. The van der Waals surface area contributed by atoms with Gasteiger partial charge >= 0.3 is 6.61 Å². The third-order valence-electron chi connectivity index (χ3n) is 5.21. The number of halogens is 2. The van der Waals surface area contributed by atoms with E-state index in [-0.39, 0.29) is 23.0 Å². The maximum atomic E-state index is 12.4. The first-order chi connectivity index (χ1) is 15.6. The van der Waals surface area contributed by atoms with E-state index < -0.39 is 17.4 Å². The van der Waals surface area contributed by atoms with Crippen molar-refractivity contribution < 1.29 is 22.5 Å². The van der Waals surface area contributed by atoms with Gasteiger partial charge in [-0.2, -0.15) is 8.78 Å². The third kappa shape index (κ3) is 7.68. The topological polar surface area (TPSA) is 104 Å². The highest BCUT2D eigenvalue weighted by Gasteiger charge is 2.36. The molecule has 3 N–H and O–H groups in total. The van der Waals surface area contributed by atoms with Gasteiger partial charge in [-0.05, 0) is 45.5 Å². The van der Waals surface area contributed by atoms with Crippen molar-refractivity contribution in [3.63, 3.8) is 0 Å². The van der Waals surface area contributed by atoms with Gasteiger partial charge in [0.2, 0.25) is 0 Å². The standard InChI is InChI=1S/C18H19F2N3O2.C5H11NOS/c1-3-11(2)23-15-7-12(10-24)9-22-17(15)16(21)13-5-4-6-14(8-13)25-18(19)20;1-5(6-2)3-8(7)4-5/h4-11,18,21,23H,3H2,1-2H3;6H,3-4H2,1-2H3/t11-;/m0./s1. The second-order valence-electron chi connectivity index (χ2n) is 8.06. The van der Waals surface area contributed by atoms with Gasteiger partial charge in [-0.1, -0.05) is 19.1 Å². The van der Waals surface area contributed by atoms with Gasteiger partial charge in [0, 0.05) is 51.2 Å². The number of nitrogens with zero attached hydrogens (tertiary/aromatic N) is 1. The minimum atomic E-state index is -2.93. The normalized spacial score (nSPS) is 20.2. The van der Waals surface area contributed by atoms with Crippen molar-refractivity contribution in [2.45, 2.75) is 45.4 Å². The van der Waals surface area contributed by atoms with E-state index in [1.165, 1.54) is 24.4 Å². The van der Waals surface area contributed by atoms with Gasteiger partial charge in [0.1, 0.15) is 11.4 Å². The third-order valence-corrected chi connectivity index (χ3v) is 7.12. The molecule has 1 aromatic heterocycles. The number of alkyl halides is 2. The Morgan fingerprint density at radius 2 is 2.06 bits per heavy atom. The van der Waals surface area contributed by atoms with Crippen LogP contribution in [0.2, 0.25) is 0 Å². The van der Waals surface area contributed by atoms with Crippen LogP contribution in [0.4, 0.5) is 14.5 Å². The number of anilines is 1. The quantitative estimate of drug-likeness (QED) is 0.372. The van der Waals surface area contributed by atoms with Crippen molar-refractivity contribution in [2.24, 2.45) is 0 Å². The molecule has 33 heavy (non-hydrogen) atoms. The number of pyridine rings is 1. The Labute approximate surface area is 195 Å². The largest absolute Gasteiger partial charge is 0.435 e. The number of aldehydes is 1. The molecule has 0 bridgehead atoms. The zero-order valence-corrected chi connectivity index (χ0v) is 20.0. The summed E-state index contributed by atoms with van der Waals surface area (Å²) in [5.41, 5.74) is 1.88. The van der Waals surface area contributed by atoms with E-state index in [4.69, 9.17) is 5.41 Å². The molecular weight excluding hydrogens is 450 g/mol. The Kier molecular flexibility index (Phi) is 9.60. The first-order valence-corrected chi connectivity index (χ1v) is 12.0. The van der Waals surface area contributed by atoms with Crippen LogP contribution in [-0.2, 0) is 10.8 Å². The molecule has 0 spiro atoms. The average Bonchev–Trinajstić information content (AvgIpc) is 2.77. The molecule has 1 aromatic carbocycles. The highest BCUT2D eigenvalue weighted by molar-refractivity contribution is 7.86. The number of hydrogen-bond acceptors (Lipinski definition) is 7. The fourth-order valence-electron chi connectivity index (χ4n) is 3.00. The molecular formula is C23H30F2N4O3S. The Morgan fingerprint density at radius 3 is 2.58 bits per heavy atom. The molecule has 0 aliphatic carbocycles. The molecule has 10 heteroatoms. The number of carbonyl (C=O) groups excluding carboxylic acids is 1. The molecule has 1 fully saturated rings. The molecule has 2 aromatic rings. The lowest BCUT2D eigenvalue weighted by molar-refractivity contribution is -0.0498. The summed E-state index contributed by atoms with van der Waals surface area (Å²) in [5, 5.41) is 14.7. The zero-order valence-electron chi connectivity index (χ0n) is 19.2. The van der Waals surface area contributed by atoms with Crippen LogP contribution in [0.15, 0.2) is 36.5 Å². The molecule has 0 saturated carbocycles. The Hall–Kier alpha value is -2.72. The number of ether oxygens (including phenoxy) is 1. The summed E-state index contributed by atoms with van der Waals surface area (Å²) < 4.78 is 39.7. The lowest BCUT2D eigenvalue weighted by Gasteiger charge is -2.36. The lowest BCUT2D eigenvalue weighted by Crippen LogP contribution is -2.58. The van der Waals surface area contributed by atoms with Crippen LogP contribution in [0.1, 0.15) is 48.8 Å². The fourth-order valence-corrected chi connectivity index (χ4v) is 4.62. The second-order valence-corrected chi connectivity index (χ2v) is 9.51. The van der Waals surface area contributed by atoms with Gasteiger partial charge in [-0.15, -0.1) is 0 Å². The van der Waals surface area contributed by atoms with Crippen LogP contribution in [0.3, 0.4) is 0 Å². The Morgan fingerprint density at radius 1 is 1.36 bits per heavy atom. The summed E-state index contributed by atoms with van der Waals surface area (Å²) in [5.74, 6) is 1.62. The monoisotopic (exact) mass is 480 g/mol. The number of rotatable bonds is 9. The lowest BCUT2D eigenvalue weighted by atomic mass is 10.0.